The van der Waals surface area contributed by atoms with Crippen LogP contribution in [0.3, 0.4) is 0 Å². The Morgan fingerprint density at radius 2 is 1.69 bits per heavy atom. The molecule has 0 unspecified atom stereocenters. The highest BCUT2D eigenvalue weighted by atomic mass is 35.5. The third-order valence-corrected chi connectivity index (χ3v) is 5.47. The molecule has 7 nitrogen and oxygen atoms in total. The predicted octanol–water partition coefficient (Wildman–Crippen LogP) is 2.46. The molecule has 1 aliphatic rings. The van der Waals surface area contributed by atoms with E-state index in [4.69, 9.17) is 11.6 Å². The van der Waals surface area contributed by atoms with Crippen LogP contribution in [-0.2, 0) is 14.4 Å². The maximum Gasteiger partial charge on any atom is 0.238 e. The molecule has 3 amide bonds. The van der Waals surface area contributed by atoms with Crippen molar-refractivity contribution in [1.29, 1.82) is 0 Å². The van der Waals surface area contributed by atoms with Gasteiger partial charge in [-0.2, -0.15) is 0 Å². The Kier molecular flexibility index (Phi) is 9.41. The van der Waals surface area contributed by atoms with E-state index in [9.17, 15) is 14.4 Å². The second-order valence-corrected chi connectivity index (χ2v) is 7.51. The van der Waals surface area contributed by atoms with Gasteiger partial charge < -0.3 is 15.1 Å². The first-order valence-corrected chi connectivity index (χ1v) is 10.6. The minimum absolute atomic E-state index is 0.0810. The zero-order valence-electron chi connectivity index (χ0n) is 17.3. The zero-order valence-corrected chi connectivity index (χ0v) is 18.1. The van der Waals surface area contributed by atoms with Crippen LogP contribution in [-0.4, -0.2) is 78.2 Å². The van der Waals surface area contributed by atoms with Gasteiger partial charge >= 0.3 is 0 Å². The molecule has 0 spiro atoms. The summed E-state index contributed by atoms with van der Waals surface area (Å²) in [6.07, 6.45) is 1.38. The first-order chi connectivity index (χ1) is 13.9. The second-order valence-electron chi connectivity index (χ2n) is 7.10. The van der Waals surface area contributed by atoms with E-state index in [-0.39, 0.29) is 24.3 Å². The second kappa shape index (κ2) is 11.8. The minimum Gasteiger partial charge on any atom is -0.343 e. The molecule has 1 aromatic rings. The van der Waals surface area contributed by atoms with Crippen molar-refractivity contribution in [2.75, 3.05) is 51.1 Å². The lowest BCUT2D eigenvalue weighted by atomic mass is 10.2. The number of halogens is 1. The fourth-order valence-corrected chi connectivity index (χ4v) is 3.58. The Morgan fingerprint density at radius 3 is 2.31 bits per heavy atom. The number of piperazine rings is 1. The topological polar surface area (TPSA) is 73.0 Å². The van der Waals surface area contributed by atoms with Gasteiger partial charge in [0.2, 0.25) is 17.7 Å². The number of anilines is 1. The number of hydrogen-bond donors (Lipinski definition) is 1. The van der Waals surface area contributed by atoms with Gasteiger partial charge in [-0.3, -0.25) is 19.3 Å². The van der Waals surface area contributed by atoms with Crippen LogP contribution < -0.4 is 5.32 Å². The van der Waals surface area contributed by atoms with Gasteiger partial charge in [0.25, 0.3) is 0 Å². The molecule has 1 fully saturated rings. The van der Waals surface area contributed by atoms with E-state index >= 15 is 0 Å². The molecule has 0 aromatic heterocycles. The van der Waals surface area contributed by atoms with Crippen LogP contribution in [0.2, 0.25) is 5.02 Å². The first kappa shape index (κ1) is 23.2. The van der Waals surface area contributed by atoms with Gasteiger partial charge in [0.1, 0.15) is 0 Å². The fourth-order valence-electron chi connectivity index (χ4n) is 3.39. The fraction of sp³-hybridized carbons (Fsp3) is 0.571. The van der Waals surface area contributed by atoms with E-state index in [1.165, 1.54) is 0 Å². The van der Waals surface area contributed by atoms with Crippen LogP contribution in [0.25, 0.3) is 0 Å². The van der Waals surface area contributed by atoms with Crippen molar-refractivity contribution in [3.8, 4) is 0 Å². The van der Waals surface area contributed by atoms with Crippen LogP contribution >= 0.6 is 11.6 Å². The normalized spacial score (nSPS) is 14.5. The third-order valence-electron chi connectivity index (χ3n) is 5.14. The summed E-state index contributed by atoms with van der Waals surface area (Å²) in [7, 11) is 0. The zero-order chi connectivity index (χ0) is 21.2. The monoisotopic (exact) mass is 422 g/mol. The summed E-state index contributed by atoms with van der Waals surface area (Å²) in [5.41, 5.74) is 0.604. The lowest BCUT2D eigenvalue weighted by Crippen LogP contribution is -2.50. The van der Waals surface area contributed by atoms with Crippen LogP contribution in [0, 0.1) is 0 Å². The number of para-hydroxylation sites is 1. The average Bonchev–Trinajstić information content (AvgIpc) is 2.71. The van der Waals surface area contributed by atoms with Crippen molar-refractivity contribution in [2.24, 2.45) is 0 Å². The summed E-state index contributed by atoms with van der Waals surface area (Å²) in [5, 5.41) is 3.33. The Bertz CT molecular complexity index is 701. The summed E-state index contributed by atoms with van der Waals surface area (Å²) in [6.45, 7) is 8.10. The van der Waals surface area contributed by atoms with Crippen molar-refractivity contribution in [3.05, 3.63) is 29.3 Å². The number of carbonyl (C=O) groups is 3. The van der Waals surface area contributed by atoms with E-state index in [0.717, 1.165) is 0 Å². The molecule has 8 heteroatoms. The standard InChI is InChI=1S/C21H31ClN4O3/c1-3-25(4-2)20(28)10-7-11-21(29)26-14-12-24(13-15-26)16-19(27)23-18-9-6-5-8-17(18)22/h5-6,8-9H,3-4,7,10-16H2,1-2H3,(H,23,27). The molecule has 1 N–H and O–H groups in total. The molecule has 1 heterocycles. The van der Waals surface area contributed by atoms with Crippen molar-refractivity contribution in [1.82, 2.24) is 14.7 Å². The smallest absolute Gasteiger partial charge is 0.238 e. The summed E-state index contributed by atoms with van der Waals surface area (Å²) in [6, 6.07) is 7.13. The van der Waals surface area contributed by atoms with Gasteiger partial charge in [0.15, 0.2) is 0 Å². The Balaban J connectivity index is 1.67. The van der Waals surface area contributed by atoms with Gasteiger partial charge in [-0.05, 0) is 32.4 Å². The van der Waals surface area contributed by atoms with Crippen molar-refractivity contribution in [3.63, 3.8) is 0 Å². The number of nitrogens with one attached hydrogen (secondary N) is 1. The maximum absolute atomic E-state index is 12.4. The van der Waals surface area contributed by atoms with Gasteiger partial charge in [-0.1, -0.05) is 23.7 Å². The molecule has 0 saturated carbocycles. The van der Waals surface area contributed by atoms with E-state index in [2.05, 4.69) is 5.32 Å². The number of carbonyl (C=O) groups excluding carboxylic acids is 3. The number of benzene rings is 1. The quantitative estimate of drug-likeness (QED) is 0.663. The Morgan fingerprint density at radius 1 is 1.03 bits per heavy atom. The third kappa shape index (κ3) is 7.33. The van der Waals surface area contributed by atoms with Gasteiger partial charge in [-0.25, -0.2) is 0 Å². The number of nitrogens with zero attached hydrogens (tertiary/aromatic N) is 3. The maximum atomic E-state index is 12.4. The van der Waals surface area contributed by atoms with Crippen LogP contribution in [0.1, 0.15) is 33.1 Å². The van der Waals surface area contributed by atoms with Crippen LogP contribution in [0.4, 0.5) is 5.69 Å². The molecule has 29 heavy (non-hydrogen) atoms. The van der Waals surface area contributed by atoms with Crippen molar-refractivity contribution >= 4 is 35.0 Å². The highest BCUT2D eigenvalue weighted by Crippen LogP contribution is 2.20. The Hall–Kier alpha value is -2.12. The molecule has 0 aliphatic carbocycles. The van der Waals surface area contributed by atoms with Gasteiger partial charge in [0.05, 0.1) is 17.3 Å². The van der Waals surface area contributed by atoms with Crippen LogP contribution in [0.5, 0.6) is 0 Å². The van der Waals surface area contributed by atoms with Crippen LogP contribution in [0.15, 0.2) is 24.3 Å². The molecule has 0 radical (unpaired) electrons. The highest BCUT2D eigenvalue weighted by Gasteiger charge is 2.22. The van der Waals surface area contributed by atoms with E-state index in [0.29, 0.717) is 69.2 Å². The SMILES string of the molecule is CCN(CC)C(=O)CCCC(=O)N1CCN(CC(=O)Nc2ccccc2Cl)CC1. The highest BCUT2D eigenvalue weighted by molar-refractivity contribution is 6.33. The minimum atomic E-state index is -0.118. The average molecular weight is 423 g/mol. The summed E-state index contributed by atoms with van der Waals surface area (Å²) < 4.78 is 0. The van der Waals surface area contributed by atoms with Crippen molar-refractivity contribution in [2.45, 2.75) is 33.1 Å². The molecule has 160 valence electrons. The van der Waals surface area contributed by atoms with Gasteiger partial charge in [-0.15, -0.1) is 0 Å². The number of hydrogen-bond acceptors (Lipinski definition) is 4. The molecular formula is C21H31ClN4O3. The summed E-state index contributed by atoms with van der Waals surface area (Å²) in [5.74, 6) is 0.0717. The Labute approximate surface area is 178 Å². The summed E-state index contributed by atoms with van der Waals surface area (Å²) in [4.78, 5) is 42.3. The summed E-state index contributed by atoms with van der Waals surface area (Å²) >= 11 is 6.06. The van der Waals surface area contributed by atoms with E-state index < -0.39 is 0 Å². The number of amides is 3. The predicted molar refractivity (Wildman–Crippen MR) is 115 cm³/mol. The first-order valence-electron chi connectivity index (χ1n) is 10.3. The van der Waals surface area contributed by atoms with Gasteiger partial charge in [0, 0.05) is 52.1 Å². The molecular weight excluding hydrogens is 392 g/mol. The molecule has 1 aliphatic heterocycles. The molecule has 0 atom stereocenters. The largest absolute Gasteiger partial charge is 0.343 e. The molecule has 1 saturated heterocycles. The molecule has 0 bridgehead atoms. The van der Waals surface area contributed by atoms with E-state index in [1.54, 1.807) is 17.0 Å². The lowest BCUT2D eigenvalue weighted by Gasteiger charge is -2.34. The lowest BCUT2D eigenvalue weighted by molar-refractivity contribution is -0.133. The molecule has 1 aromatic carbocycles. The number of rotatable bonds is 9. The van der Waals surface area contributed by atoms with Crippen molar-refractivity contribution < 1.29 is 14.4 Å². The molecule has 2 rings (SSSR count). The van der Waals surface area contributed by atoms with E-state index in [1.807, 2.05) is 35.8 Å².